The van der Waals surface area contributed by atoms with Gasteiger partial charge in [0.1, 0.15) is 5.75 Å². The van der Waals surface area contributed by atoms with E-state index in [2.05, 4.69) is 23.9 Å². The Labute approximate surface area is 114 Å². The first-order chi connectivity index (χ1) is 8.56. The van der Waals surface area contributed by atoms with E-state index >= 15 is 0 Å². The fraction of sp³-hybridized carbons (Fsp3) is 0.571. The standard InChI is InChI=1S/C14H21ClN2O/c1-16(2)13-5-7-17(8-6-13)10-11-9-12(15)3-4-14(11)18/h3-4,9,13,18H,5-8,10H2,1-2H3. The van der Waals surface area contributed by atoms with Crippen LogP contribution in [-0.4, -0.2) is 48.1 Å². The minimum atomic E-state index is 0.342. The highest BCUT2D eigenvalue weighted by Gasteiger charge is 2.21. The highest BCUT2D eigenvalue weighted by Crippen LogP contribution is 2.24. The van der Waals surface area contributed by atoms with Crippen LogP contribution < -0.4 is 0 Å². The molecule has 1 aliphatic rings. The van der Waals surface area contributed by atoms with Crippen LogP contribution in [0.25, 0.3) is 0 Å². The SMILES string of the molecule is CN(C)C1CCN(Cc2cc(Cl)ccc2O)CC1. The fourth-order valence-electron chi connectivity index (χ4n) is 2.52. The van der Waals surface area contributed by atoms with Gasteiger partial charge in [-0.2, -0.15) is 0 Å². The Balaban J connectivity index is 1.93. The van der Waals surface area contributed by atoms with Crippen molar-refractivity contribution in [1.29, 1.82) is 0 Å². The minimum absolute atomic E-state index is 0.342. The fourth-order valence-corrected chi connectivity index (χ4v) is 2.71. The van der Waals surface area contributed by atoms with Gasteiger partial charge in [0.2, 0.25) is 0 Å². The van der Waals surface area contributed by atoms with Crippen molar-refractivity contribution in [3.8, 4) is 5.75 Å². The first-order valence-corrected chi connectivity index (χ1v) is 6.80. The molecule has 0 saturated carbocycles. The summed E-state index contributed by atoms with van der Waals surface area (Å²) in [4.78, 5) is 4.68. The maximum absolute atomic E-state index is 9.81. The van der Waals surface area contributed by atoms with E-state index in [-0.39, 0.29) is 0 Å². The molecule has 2 rings (SSSR count). The molecule has 1 heterocycles. The number of phenols is 1. The summed E-state index contributed by atoms with van der Waals surface area (Å²) in [5.41, 5.74) is 0.922. The van der Waals surface area contributed by atoms with E-state index in [0.29, 0.717) is 16.8 Å². The number of piperidine rings is 1. The summed E-state index contributed by atoms with van der Waals surface area (Å²) in [6.45, 7) is 2.94. The van der Waals surface area contributed by atoms with Gasteiger partial charge >= 0.3 is 0 Å². The van der Waals surface area contributed by atoms with Gasteiger partial charge in [-0.3, -0.25) is 4.90 Å². The van der Waals surface area contributed by atoms with E-state index in [1.54, 1.807) is 12.1 Å². The van der Waals surface area contributed by atoms with Crippen molar-refractivity contribution in [2.45, 2.75) is 25.4 Å². The molecule has 0 amide bonds. The number of benzene rings is 1. The van der Waals surface area contributed by atoms with Crippen LogP contribution in [0.1, 0.15) is 18.4 Å². The second-order valence-corrected chi connectivity index (χ2v) is 5.68. The third-order valence-corrected chi connectivity index (χ3v) is 3.96. The lowest BCUT2D eigenvalue weighted by Crippen LogP contribution is -2.41. The first-order valence-electron chi connectivity index (χ1n) is 6.42. The van der Waals surface area contributed by atoms with E-state index in [1.165, 1.54) is 12.8 Å². The molecule has 18 heavy (non-hydrogen) atoms. The molecule has 1 aliphatic heterocycles. The van der Waals surface area contributed by atoms with Crippen molar-refractivity contribution in [1.82, 2.24) is 9.80 Å². The summed E-state index contributed by atoms with van der Waals surface area (Å²) >= 11 is 5.96. The van der Waals surface area contributed by atoms with Gasteiger partial charge in [0.25, 0.3) is 0 Å². The number of rotatable bonds is 3. The van der Waals surface area contributed by atoms with Crippen molar-refractivity contribution in [3.05, 3.63) is 28.8 Å². The second-order valence-electron chi connectivity index (χ2n) is 5.24. The van der Waals surface area contributed by atoms with Crippen molar-refractivity contribution < 1.29 is 5.11 Å². The van der Waals surface area contributed by atoms with Crippen LogP contribution in [0.15, 0.2) is 18.2 Å². The zero-order valence-electron chi connectivity index (χ0n) is 11.1. The molecule has 0 spiro atoms. The first kappa shape index (κ1) is 13.7. The molecule has 0 atom stereocenters. The highest BCUT2D eigenvalue weighted by atomic mass is 35.5. The quantitative estimate of drug-likeness (QED) is 0.913. The molecule has 0 aliphatic carbocycles. The van der Waals surface area contributed by atoms with Crippen LogP contribution in [0.5, 0.6) is 5.75 Å². The van der Waals surface area contributed by atoms with Gasteiger partial charge in [-0.1, -0.05) is 11.6 Å². The summed E-state index contributed by atoms with van der Waals surface area (Å²) in [7, 11) is 4.28. The van der Waals surface area contributed by atoms with E-state index in [4.69, 9.17) is 11.6 Å². The molecule has 1 fully saturated rings. The third-order valence-electron chi connectivity index (χ3n) is 3.72. The van der Waals surface area contributed by atoms with Gasteiger partial charge < -0.3 is 10.0 Å². The van der Waals surface area contributed by atoms with E-state index in [9.17, 15) is 5.11 Å². The predicted molar refractivity (Wildman–Crippen MR) is 75.1 cm³/mol. The average Bonchev–Trinajstić information content (AvgIpc) is 2.34. The van der Waals surface area contributed by atoms with Crippen LogP contribution in [0, 0.1) is 0 Å². The van der Waals surface area contributed by atoms with Gasteiger partial charge in [0, 0.05) is 23.2 Å². The number of halogens is 1. The smallest absolute Gasteiger partial charge is 0.120 e. The van der Waals surface area contributed by atoms with Crippen LogP contribution in [0.2, 0.25) is 5.02 Å². The van der Waals surface area contributed by atoms with Crippen molar-refractivity contribution in [2.24, 2.45) is 0 Å². The molecule has 1 saturated heterocycles. The Morgan fingerprint density at radius 3 is 2.61 bits per heavy atom. The van der Waals surface area contributed by atoms with Crippen LogP contribution in [-0.2, 0) is 6.54 Å². The maximum atomic E-state index is 9.81. The third kappa shape index (κ3) is 3.37. The molecule has 100 valence electrons. The van der Waals surface area contributed by atoms with Crippen LogP contribution in [0.3, 0.4) is 0 Å². The van der Waals surface area contributed by atoms with Gasteiger partial charge in [0.05, 0.1) is 0 Å². The molecule has 1 aromatic carbocycles. The largest absolute Gasteiger partial charge is 0.508 e. The van der Waals surface area contributed by atoms with Crippen molar-refractivity contribution in [2.75, 3.05) is 27.2 Å². The summed E-state index contributed by atoms with van der Waals surface area (Å²) in [5, 5.41) is 10.5. The summed E-state index contributed by atoms with van der Waals surface area (Å²) in [6, 6.07) is 5.94. The van der Waals surface area contributed by atoms with E-state index in [1.807, 2.05) is 6.07 Å². The summed E-state index contributed by atoms with van der Waals surface area (Å²) < 4.78 is 0. The highest BCUT2D eigenvalue weighted by molar-refractivity contribution is 6.30. The molecular weight excluding hydrogens is 248 g/mol. The van der Waals surface area contributed by atoms with Gasteiger partial charge in [0.15, 0.2) is 0 Å². The number of phenolic OH excluding ortho intramolecular Hbond substituents is 1. The average molecular weight is 269 g/mol. The summed E-state index contributed by atoms with van der Waals surface area (Å²) in [6.07, 6.45) is 2.38. The zero-order chi connectivity index (χ0) is 13.1. The maximum Gasteiger partial charge on any atom is 0.120 e. The molecule has 0 bridgehead atoms. The Morgan fingerprint density at radius 2 is 2.00 bits per heavy atom. The molecule has 0 aromatic heterocycles. The van der Waals surface area contributed by atoms with E-state index in [0.717, 1.165) is 25.2 Å². The lowest BCUT2D eigenvalue weighted by molar-refractivity contribution is 0.139. The molecule has 3 nitrogen and oxygen atoms in total. The number of aromatic hydroxyl groups is 1. The summed E-state index contributed by atoms with van der Waals surface area (Å²) in [5.74, 6) is 0.342. The number of likely N-dealkylation sites (tertiary alicyclic amines) is 1. The zero-order valence-corrected chi connectivity index (χ0v) is 11.8. The molecule has 1 aromatic rings. The lowest BCUT2D eigenvalue weighted by Gasteiger charge is -2.35. The number of nitrogens with zero attached hydrogens (tertiary/aromatic N) is 2. The molecule has 0 radical (unpaired) electrons. The second kappa shape index (κ2) is 5.91. The molecule has 0 unspecified atom stereocenters. The predicted octanol–water partition coefficient (Wildman–Crippen LogP) is 2.57. The Bertz CT molecular complexity index is 401. The topological polar surface area (TPSA) is 26.7 Å². The monoisotopic (exact) mass is 268 g/mol. The van der Waals surface area contributed by atoms with Crippen molar-refractivity contribution in [3.63, 3.8) is 0 Å². The van der Waals surface area contributed by atoms with Gasteiger partial charge in [-0.25, -0.2) is 0 Å². The Kier molecular flexibility index (Phi) is 4.49. The lowest BCUT2D eigenvalue weighted by atomic mass is 10.0. The van der Waals surface area contributed by atoms with Crippen molar-refractivity contribution >= 4 is 11.6 Å². The Hall–Kier alpha value is -0.770. The Morgan fingerprint density at radius 1 is 1.33 bits per heavy atom. The van der Waals surface area contributed by atoms with Gasteiger partial charge in [-0.15, -0.1) is 0 Å². The molecule has 1 N–H and O–H groups in total. The normalized spacial score (nSPS) is 18.4. The molecular formula is C14H21ClN2O. The minimum Gasteiger partial charge on any atom is -0.508 e. The van der Waals surface area contributed by atoms with Crippen LogP contribution in [0.4, 0.5) is 0 Å². The van der Waals surface area contributed by atoms with E-state index < -0.39 is 0 Å². The van der Waals surface area contributed by atoms with Gasteiger partial charge in [-0.05, 0) is 58.2 Å². The number of hydrogen-bond donors (Lipinski definition) is 1. The van der Waals surface area contributed by atoms with Crippen LogP contribution >= 0.6 is 11.6 Å². The number of hydrogen-bond acceptors (Lipinski definition) is 3. The molecule has 4 heteroatoms.